The molecule has 1 atom stereocenters. The summed E-state index contributed by atoms with van der Waals surface area (Å²) in [7, 11) is 1.83. The van der Waals surface area contributed by atoms with Crippen LogP contribution < -0.4 is 14.7 Å². The summed E-state index contributed by atoms with van der Waals surface area (Å²) in [5, 5.41) is 0.726. The Morgan fingerprint density at radius 1 is 0.935 bits per heavy atom. The van der Waals surface area contributed by atoms with Crippen LogP contribution in [0.3, 0.4) is 0 Å². The van der Waals surface area contributed by atoms with Gasteiger partial charge < -0.3 is 19.6 Å². The number of hydrogen-bond acceptors (Lipinski definition) is 4. The molecule has 0 radical (unpaired) electrons. The Hall–Kier alpha value is -2.73. The molecule has 0 spiro atoms. The molecule has 0 N–H and O–H groups in total. The molecule has 2 saturated heterocycles. The zero-order valence-electron chi connectivity index (χ0n) is 17.8. The van der Waals surface area contributed by atoms with Crippen molar-refractivity contribution in [1.29, 1.82) is 0 Å². The Morgan fingerprint density at radius 2 is 1.68 bits per heavy atom. The predicted octanol–water partition coefficient (Wildman–Crippen LogP) is 3.64. The first kappa shape index (κ1) is 20.2. The minimum atomic E-state index is -0.0613. The number of fused-ring (bicyclic) bond motifs is 3. The van der Waals surface area contributed by atoms with Gasteiger partial charge in [0.15, 0.2) is 0 Å². The van der Waals surface area contributed by atoms with Crippen molar-refractivity contribution in [3.8, 4) is 0 Å². The smallest absolute Gasteiger partial charge is 0.254 e. The van der Waals surface area contributed by atoms with Crippen molar-refractivity contribution in [2.75, 3.05) is 54.5 Å². The Morgan fingerprint density at radius 3 is 2.42 bits per heavy atom. The fourth-order valence-corrected chi connectivity index (χ4v) is 5.12. The van der Waals surface area contributed by atoms with Gasteiger partial charge in [0, 0.05) is 56.0 Å². The number of piperidine rings is 1. The van der Waals surface area contributed by atoms with Gasteiger partial charge in [0.2, 0.25) is 5.91 Å². The van der Waals surface area contributed by atoms with Crippen LogP contribution in [0.2, 0.25) is 5.02 Å². The summed E-state index contributed by atoms with van der Waals surface area (Å²) in [5.41, 5.74) is 3.68. The number of amides is 2. The zero-order chi connectivity index (χ0) is 21.5. The van der Waals surface area contributed by atoms with Crippen molar-refractivity contribution >= 4 is 40.5 Å². The highest BCUT2D eigenvalue weighted by atomic mass is 35.5. The second-order valence-corrected chi connectivity index (χ2v) is 9.00. The normalized spacial score (nSPS) is 21.1. The van der Waals surface area contributed by atoms with Crippen molar-refractivity contribution in [3.63, 3.8) is 0 Å². The molecule has 2 amide bonds. The van der Waals surface area contributed by atoms with E-state index in [0.717, 1.165) is 61.0 Å². The monoisotopic (exact) mass is 438 g/mol. The SMILES string of the molecule is CN1C(=O)[C@H]2CCCCN2c2ccc(C(=O)N3CCN(c4ccc(Cl)cc4)CC3)cc21. The van der Waals surface area contributed by atoms with Crippen LogP contribution in [0, 0.1) is 0 Å². The van der Waals surface area contributed by atoms with E-state index in [1.54, 1.807) is 4.90 Å². The molecule has 0 bridgehead atoms. The molecule has 3 aliphatic heterocycles. The molecule has 0 unspecified atom stereocenters. The van der Waals surface area contributed by atoms with Crippen LogP contribution in [0.4, 0.5) is 17.1 Å². The van der Waals surface area contributed by atoms with E-state index < -0.39 is 0 Å². The molecule has 3 heterocycles. The second-order valence-electron chi connectivity index (χ2n) is 8.56. The summed E-state index contributed by atoms with van der Waals surface area (Å²) < 4.78 is 0. The topological polar surface area (TPSA) is 47.1 Å². The van der Waals surface area contributed by atoms with Crippen molar-refractivity contribution < 1.29 is 9.59 Å². The quantitative estimate of drug-likeness (QED) is 0.718. The Kier molecular flexibility index (Phi) is 5.26. The molecule has 0 aromatic heterocycles. The van der Waals surface area contributed by atoms with E-state index >= 15 is 0 Å². The fraction of sp³-hybridized carbons (Fsp3) is 0.417. The Balaban J connectivity index is 1.32. The number of anilines is 3. The first-order valence-electron chi connectivity index (χ1n) is 11.0. The number of carbonyl (C=O) groups excluding carboxylic acids is 2. The number of likely N-dealkylation sites (N-methyl/N-ethyl adjacent to an activating group) is 1. The first-order chi connectivity index (χ1) is 15.0. The highest BCUT2D eigenvalue weighted by Gasteiger charge is 2.38. The van der Waals surface area contributed by atoms with Gasteiger partial charge in [-0.25, -0.2) is 0 Å². The van der Waals surface area contributed by atoms with E-state index in [9.17, 15) is 9.59 Å². The zero-order valence-corrected chi connectivity index (χ0v) is 18.5. The van der Waals surface area contributed by atoms with E-state index in [-0.39, 0.29) is 17.9 Å². The number of hydrogen-bond donors (Lipinski definition) is 0. The van der Waals surface area contributed by atoms with Gasteiger partial charge in [-0.3, -0.25) is 9.59 Å². The van der Waals surface area contributed by atoms with Crippen LogP contribution in [0.5, 0.6) is 0 Å². The molecule has 31 heavy (non-hydrogen) atoms. The number of nitrogens with zero attached hydrogens (tertiary/aromatic N) is 4. The average molecular weight is 439 g/mol. The number of piperazine rings is 1. The summed E-state index contributed by atoms with van der Waals surface area (Å²) >= 11 is 5.99. The van der Waals surface area contributed by atoms with Crippen LogP contribution in [-0.2, 0) is 4.79 Å². The van der Waals surface area contributed by atoms with Gasteiger partial charge >= 0.3 is 0 Å². The minimum Gasteiger partial charge on any atom is -0.368 e. The summed E-state index contributed by atoms with van der Waals surface area (Å²) in [6.07, 6.45) is 3.10. The Bertz CT molecular complexity index is 1000. The third-order valence-electron chi connectivity index (χ3n) is 6.77. The maximum Gasteiger partial charge on any atom is 0.254 e. The number of benzene rings is 2. The third kappa shape index (κ3) is 3.63. The summed E-state index contributed by atoms with van der Waals surface area (Å²) in [6.45, 7) is 3.80. The van der Waals surface area contributed by atoms with E-state index in [2.05, 4.69) is 9.80 Å². The molecular formula is C24H27ClN4O2. The van der Waals surface area contributed by atoms with Crippen LogP contribution in [0.25, 0.3) is 0 Å². The van der Waals surface area contributed by atoms with Gasteiger partial charge in [-0.1, -0.05) is 11.6 Å². The number of carbonyl (C=O) groups is 2. The molecule has 3 aliphatic rings. The molecule has 2 fully saturated rings. The minimum absolute atomic E-state index is 0.0279. The summed E-state index contributed by atoms with van der Waals surface area (Å²) in [5.74, 6) is 0.161. The lowest BCUT2D eigenvalue weighted by Gasteiger charge is -2.44. The highest BCUT2D eigenvalue weighted by molar-refractivity contribution is 6.30. The van der Waals surface area contributed by atoms with Crippen LogP contribution in [0.1, 0.15) is 29.6 Å². The van der Waals surface area contributed by atoms with Crippen LogP contribution in [0.15, 0.2) is 42.5 Å². The van der Waals surface area contributed by atoms with Crippen molar-refractivity contribution in [2.45, 2.75) is 25.3 Å². The number of rotatable bonds is 2. The molecule has 6 nitrogen and oxygen atoms in total. The Labute approximate surface area is 188 Å². The van der Waals surface area contributed by atoms with Crippen molar-refractivity contribution in [2.24, 2.45) is 0 Å². The van der Waals surface area contributed by atoms with E-state index in [1.165, 1.54) is 0 Å². The fourth-order valence-electron chi connectivity index (χ4n) is 4.99. The van der Waals surface area contributed by atoms with Gasteiger partial charge in [-0.05, 0) is 61.7 Å². The standard InChI is InChI=1S/C24H27ClN4O2/c1-26-22-16-17(5-10-20(22)29-11-3-2-4-21(29)24(26)31)23(30)28-14-12-27(13-15-28)19-8-6-18(25)7-9-19/h5-10,16,21H,2-4,11-15H2,1H3/t21-/m1/s1. The molecule has 7 heteroatoms. The molecule has 0 aliphatic carbocycles. The molecule has 0 saturated carbocycles. The number of halogens is 1. The van der Waals surface area contributed by atoms with Crippen LogP contribution in [-0.4, -0.2) is 62.5 Å². The maximum absolute atomic E-state index is 13.2. The molecule has 162 valence electrons. The predicted molar refractivity (Wildman–Crippen MR) is 124 cm³/mol. The maximum atomic E-state index is 13.2. The molecule has 2 aromatic rings. The van der Waals surface area contributed by atoms with Gasteiger partial charge in [-0.15, -0.1) is 0 Å². The van der Waals surface area contributed by atoms with E-state index in [1.807, 2.05) is 54.4 Å². The van der Waals surface area contributed by atoms with Crippen molar-refractivity contribution in [3.05, 3.63) is 53.1 Å². The van der Waals surface area contributed by atoms with Gasteiger partial charge in [-0.2, -0.15) is 0 Å². The average Bonchev–Trinajstić information content (AvgIpc) is 2.82. The van der Waals surface area contributed by atoms with Crippen molar-refractivity contribution in [1.82, 2.24) is 4.90 Å². The lowest BCUT2D eigenvalue weighted by Crippen LogP contribution is -2.54. The molecule has 5 rings (SSSR count). The second kappa shape index (κ2) is 8.08. The molecular weight excluding hydrogens is 412 g/mol. The first-order valence-corrected chi connectivity index (χ1v) is 11.4. The lowest BCUT2D eigenvalue weighted by atomic mass is 9.95. The third-order valence-corrected chi connectivity index (χ3v) is 7.02. The van der Waals surface area contributed by atoms with E-state index in [4.69, 9.17) is 11.6 Å². The summed E-state index contributed by atoms with van der Waals surface area (Å²) in [4.78, 5) is 34.2. The van der Waals surface area contributed by atoms with Gasteiger partial charge in [0.25, 0.3) is 5.91 Å². The van der Waals surface area contributed by atoms with Crippen LogP contribution >= 0.6 is 11.6 Å². The van der Waals surface area contributed by atoms with E-state index in [0.29, 0.717) is 18.7 Å². The molecule has 2 aromatic carbocycles. The largest absolute Gasteiger partial charge is 0.368 e. The van der Waals surface area contributed by atoms with Gasteiger partial charge in [0.1, 0.15) is 6.04 Å². The highest BCUT2D eigenvalue weighted by Crippen LogP contribution is 2.39. The lowest BCUT2D eigenvalue weighted by molar-refractivity contribution is -0.120. The summed E-state index contributed by atoms with van der Waals surface area (Å²) in [6, 6.07) is 13.6. The van der Waals surface area contributed by atoms with Gasteiger partial charge in [0.05, 0.1) is 11.4 Å².